The van der Waals surface area contributed by atoms with Gasteiger partial charge in [0.1, 0.15) is 0 Å². The van der Waals surface area contributed by atoms with Crippen molar-refractivity contribution in [1.29, 1.82) is 0 Å². The van der Waals surface area contributed by atoms with Crippen LogP contribution in [0.2, 0.25) is 0 Å². The highest BCUT2D eigenvalue weighted by molar-refractivity contribution is 8.05. The van der Waals surface area contributed by atoms with E-state index in [1.807, 2.05) is 0 Å². The first-order valence-electron chi connectivity index (χ1n) is 3.80. The smallest absolute Gasteiger partial charge is 0.273 e. The molecule has 0 spiro atoms. The Balaban J connectivity index is 4.99. The first kappa shape index (κ1) is 12.9. The first-order valence-corrected chi connectivity index (χ1v) is 6.30. The van der Waals surface area contributed by atoms with Crippen molar-refractivity contribution in [2.45, 2.75) is 30.9 Å². The summed E-state index contributed by atoms with van der Waals surface area (Å²) >= 11 is 3.99. The fraction of sp³-hybridized carbons (Fsp3) is 0.857. The average molecular weight is 224 g/mol. The van der Waals surface area contributed by atoms with Gasteiger partial charge in [-0.3, -0.25) is 4.79 Å². The van der Waals surface area contributed by atoms with Crippen molar-refractivity contribution in [3.63, 3.8) is 0 Å². The third-order valence-corrected chi connectivity index (χ3v) is 4.42. The minimum Gasteiger partial charge on any atom is -0.318 e. The van der Waals surface area contributed by atoms with Gasteiger partial charge in [-0.25, -0.2) is 4.21 Å². The maximum atomic E-state index is 11.6. The third kappa shape index (κ3) is 4.10. The van der Waals surface area contributed by atoms with Gasteiger partial charge in [0.05, 0.1) is 19.8 Å². The van der Waals surface area contributed by atoms with Crippen LogP contribution in [0, 0.1) is 0 Å². The Bertz CT molecular complexity index is 309. The molecule has 0 aromatic heterocycles. The summed E-state index contributed by atoms with van der Waals surface area (Å²) in [5.74, 6) is -0.555. The number of hydrogen-bond donors (Lipinski definition) is 2. The van der Waals surface area contributed by atoms with E-state index >= 15 is 0 Å². The number of carbonyl (C=O) groups is 1. The molecule has 13 heavy (non-hydrogen) atoms. The lowest BCUT2D eigenvalue weighted by molar-refractivity contribution is -0.121. The van der Waals surface area contributed by atoms with Gasteiger partial charge in [0, 0.05) is 6.26 Å². The molecule has 2 unspecified atom stereocenters. The summed E-state index contributed by atoms with van der Waals surface area (Å²) in [5, 5.41) is 0. The van der Waals surface area contributed by atoms with Crippen LogP contribution in [0.25, 0.3) is 0 Å². The predicted molar refractivity (Wildman–Crippen MR) is 58.2 cm³/mol. The van der Waals surface area contributed by atoms with E-state index in [-0.39, 0.29) is 0 Å². The molecule has 0 aliphatic carbocycles. The summed E-state index contributed by atoms with van der Waals surface area (Å²) in [4.78, 5) is 11.3. The van der Waals surface area contributed by atoms with E-state index in [0.717, 1.165) is 0 Å². The molecule has 78 valence electrons. The summed E-state index contributed by atoms with van der Waals surface area (Å²) in [7, 11) is -2.57. The van der Waals surface area contributed by atoms with Crippen LogP contribution in [0.15, 0.2) is 4.36 Å². The molecule has 0 radical (unpaired) electrons. The maximum Gasteiger partial charge on any atom is 0.273 e. The maximum absolute atomic E-state index is 11.6. The highest BCUT2D eigenvalue weighted by atomic mass is 32.2. The largest absolute Gasteiger partial charge is 0.318 e. The van der Waals surface area contributed by atoms with Crippen molar-refractivity contribution in [3.05, 3.63) is 0 Å². The van der Waals surface area contributed by atoms with Crippen LogP contribution in [0.3, 0.4) is 0 Å². The summed E-state index contributed by atoms with van der Waals surface area (Å²) in [6, 6.07) is 0. The summed E-state index contributed by atoms with van der Waals surface area (Å²) in [6.45, 7) is 4.68. The number of carbonyl (C=O) groups excluding carboxylic acids is 1. The molecule has 0 saturated carbocycles. The van der Waals surface area contributed by atoms with Crippen molar-refractivity contribution in [2.24, 2.45) is 10.1 Å². The molecular weight excluding hydrogens is 208 g/mol. The Morgan fingerprint density at radius 1 is 1.62 bits per heavy atom. The summed E-state index contributed by atoms with van der Waals surface area (Å²) in [5.41, 5.74) is 4.42. The molecule has 0 aromatic rings. The van der Waals surface area contributed by atoms with E-state index in [0.29, 0.717) is 0 Å². The van der Waals surface area contributed by atoms with E-state index in [9.17, 15) is 9.00 Å². The van der Waals surface area contributed by atoms with Crippen LogP contribution in [-0.4, -0.2) is 26.5 Å². The molecule has 0 saturated heterocycles. The molecule has 0 aromatic carbocycles. The van der Waals surface area contributed by atoms with Gasteiger partial charge in [-0.05, 0) is 20.8 Å². The standard InChI is InChI=1S/C7H16N2O2S2/c1-5(12)13(4,11)9-6(10)7(2,3)8/h5,12H,8H2,1-4H3. The quantitative estimate of drug-likeness (QED) is 0.676. The minimum absolute atomic E-state index is 0.446. The summed E-state index contributed by atoms with van der Waals surface area (Å²) < 4.78 is 14.7. The Labute approximate surface area is 84.9 Å². The molecule has 2 atom stereocenters. The monoisotopic (exact) mass is 224 g/mol. The Morgan fingerprint density at radius 3 is 2.23 bits per heavy atom. The van der Waals surface area contributed by atoms with Gasteiger partial charge >= 0.3 is 0 Å². The summed E-state index contributed by atoms with van der Waals surface area (Å²) in [6.07, 6.45) is 1.40. The van der Waals surface area contributed by atoms with E-state index in [1.165, 1.54) is 20.1 Å². The molecule has 0 aliphatic heterocycles. The minimum atomic E-state index is -2.57. The molecule has 0 aliphatic rings. The van der Waals surface area contributed by atoms with Gasteiger partial charge < -0.3 is 5.73 Å². The van der Waals surface area contributed by atoms with Crippen molar-refractivity contribution in [2.75, 3.05) is 6.26 Å². The topological polar surface area (TPSA) is 72.5 Å². The second-order valence-corrected chi connectivity index (χ2v) is 7.31. The van der Waals surface area contributed by atoms with Gasteiger partial charge in [-0.15, -0.1) is 0 Å². The molecular formula is C7H16N2O2S2. The van der Waals surface area contributed by atoms with Crippen molar-refractivity contribution in [3.8, 4) is 0 Å². The number of thiol groups is 1. The van der Waals surface area contributed by atoms with Crippen LogP contribution < -0.4 is 5.73 Å². The molecule has 0 bridgehead atoms. The van der Waals surface area contributed by atoms with Gasteiger partial charge in [0.25, 0.3) is 5.91 Å². The van der Waals surface area contributed by atoms with Gasteiger partial charge in [0.2, 0.25) is 0 Å². The number of nitrogens with two attached hydrogens (primary N) is 1. The van der Waals surface area contributed by atoms with E-state index < -0.39 is 25.8 Å². The zero-order valence-electron chi connectivity index (χ0n) is 8.27. The second-order valence-electron chi connectivity index (χ2n) is 3.58. The second kappa shape index (κ2) is 3.98. The van der Waals surface area contributed by atoms with Crippen LogP contribution in [-0.2, 0) is 14.5 Å². The fourth-order valence-electron chi connectivity index (χ4n) is 0.359. The van der Waals surface area contributed by atoms with Gasteiger partial charge in [-0.1, -0.05) is 0 Å². The lowest BCUT2D eigenvalue weighted by atomic mass is 10.1. The molecule has 1 amide bonds. The lowest BCUT2D eigenvalue weighted by Gasteiger charge is -2.14. The van der Waals surface area contributed by atoms with E-state index in [4.69, 9.17) is 5.73 Å². The van der Waals surface area contributed by atoms with E-state index in [2.05, 4.69) is 17.0 Å². The molecule has 0 rings (SSSR count). The zero-order valence-corrected chi connectivity index (χ0v) is 9.98. The van der Waals surface area contributed by atoms with Crippen molar-refractivity contribution in [1.82, 2.24) is 0 Å². The normalized spacial score (nSPS) is 18.9. The van der Waals surface area contributed by atoms with Crippen LogP contribution in [0.4, 0.5) is 0 Å². The number of hydrogen-bond acceptors (Lipinski definition) is 4. The van der Waals surface area contributed by atoms with Crippen LogP contribution in [0.1, 0.15) is 20.8 Å². The SMILES string of the molecule is CC(S)S(C)(=O)=NC(=O)C(C)(C)N. The first-order chi connectivity index (χ1) is 5.57. The highest BCUT2D eigenvalue weighted by Crippen LogP contribution is 2.09. The molecule has 0 fully saturated rings. The van der Waals surface area contributed by atoms with E-state index in [1.54, 1.807) is 6.92 Å². The Morgan fingerprint density at radius 2 is 2.00 bits per heavy atom. The Hall–Kier alpha value is -0.0700. The zero-order chi connectivity index (χ0) is 10.9. The molecule has 6 heteroatoms. The highest BCUT2D eigenvalue weighted by Gasteiger charge is 2.23. The average Bonchev–Trinajstić information content (AvgIpc) is 1.83. The number of amides is 1. The lowest BCUT2D eigenvalue weighted by Crippen LogP contribution is -2.41. The molecule has 0 heterocycles. The Kier molecular flexibility index (Phi) is 3.96. The van der Waals surface area contributed by atoms with Crippen LogP contribution in [0.5, 0.6) is 0 Å². The predicted octanol–water partition coefficient (Wildman–Crippen LogP) is 0.624. The molecule has 2 N–H and O–H groups in total. The molecule has 4 nitrogen and oxygen atoms in total. The number of nitrogens with zero attached hydrogens (tertiary/aromatic N) is 1. The number of rotatable bonds is 2. The third-order valence-electron chi connectivity index (χ3n) is 1.45. The van der Waals surface area contributed by atoms with Crippen molar-refractivity contribution >= 4 is 28.3 Å². The van der Waals surface area contributed by atoms with Crippen LogP contribution >= 0.6 is 12.6 Å². The fourth-order valence-corrected chi connectivity index (χ4v) is 1.22. The van der Waals surface area contributed by atoms with Crippen molar-refractivity contribution < 1.29 is 9.00 Å². The van der Waals surface area contributed by atoms with Gasteiger partial charge in [-0.2, -0.15) is 17.0 Å². The van der Waals surface area contributed by atoms with Gasteiger partial charge in [0.15, 0.2) is 0 Å².